The van der Waals surface area contributed by atoms with Crippen LogP contribution >= 0.6 is 0 Å². The Morgan fingerprint density at radius 1 is 1.28 bits per heavy atom. The maximum absolute atomic E-state index is 11.5. The summed E-state index contributed by atoms with van der Waals surface area (Å²) in [5.74, 6) is 2.20. The fourth-order valence-electron chi connectivity index (χ4n) is 1.78. The van der Waals surface area contributed by atoms with Gasteiger partial charge in [0.05, 0.1) is 6.07 Å². The Morgan fingerprint density at radius 3 is 2.67 bits per heavy atom. The number of H-pyrrole nitrogens is 1. The lowest BCUT2D eigenvalue weighted by Gasteiger charge is -2.06. The van der Waals surface area contributed by atoms with Crippen molar-refractivity contribution < 1.29 is 4.74 Å². The molecule has 0 amide bonds. The standard InChI is InChI=1S/C14H14N2O2/c1-9-2-6-11(7-3-9)18-13-8-12(17)15-14(16-13)10-4-5-10/h2-3,6-8,10H,4-5H2,1H3,(H,15,16,17). The largest absolute Gasteiger partial charge is 0.439 e. The second-order valence-electron chi connectivity index (χ2n) is 4.66. The predicted octanol–water partition coefficient (Wildman–Crippen LogP) is 2.75. The zero-order valence-electron chi connectivity index (χ0n) is 10.1. The molecule has 4 nitrogen and oxygen atoms in total. The summed E-state index contributed by atoms with van der Waals surface area (Å²) >= 11 is 0. The Labute approximate surface area is 105 Å². The summed E-state index contributed by atoms with van der Waals surface area (Å²) in [5, 5.41) is 0. The van der Waals surface area contributed by atoms with Crippen molar-refractivity contribution in [2.75, 3.05) is 0 Å². The molecular formula is C14H14N2O2. The molecule has 0 atom stereocenters. The van der Waals surface area contributed by atoms with Crippen LogP contribution in [0, 0.1) is 6.92 Å². The van der Waals surface area contributed by atoms with E-state index in [4.69, 9.17) is 4.74 Å². The van der Waals surface area contributed by atoms with Crippen molar-refractivity contribution in [1.29, 1.82) is 0 Å². The molecule has 92 valence electrons. The van der Waals surface area contributed by atoms with Crippen molar-refractivity contribution >= 4 is 0 Å². The summed E-state index contributed by atoms with van der Waals surface area (Å²) in [6.45, 7) is 2.01. The number of aryl methyl sites for hydroxylation is 1. The molecule has 0 spiro atoms. The van der Waals surface area contributed by atoms with Crippen molar-refractivity contribution in [2.45, 2.75) is 25.7 Å². The normalized spacial score (nSPS) is 14.5. The Bertz CT molecular complexity index is 612. The average Bonchev–Trinajstić information content (AvgIpc) is 3.15. The first-order valence-corrected chi connectivity index (χ1v) is 6.06. The van der Waals surface area contributed by atoms with Crippen LogP contribution in [0.1, 0.15) is 30.1 Å². The SMILES string of the molecule is Cc1ccc(Oc2cc(=O)[nH]c(C3CC3)n2)cc1. The molecule has 4 heteroatoms. The Kier molecular flexibility index (Phi) is 2.63. The van der Waals surface area contributed by atoms with Crippen LogP contribution in [0.4, 0.5) is 0 Å². The minimum atomic E-state index is -0.158. The lowest BCUT2D eigenvalue weighted by molar-refractivity contribution is 0.457. The molecule has 1 heterocycles. The van der Waals surface area contributed by atoms with Gasteiger partial charge in [0.1, 0.15) is 11.6 Å². The number of nitrogens with zero attached hydrogens (tertiary/aromatic N) is 1. The molecule has 1 aromatic carbocycles. The number of hydrogen-bond acceptors (Lipinski definition) is 3. The Balaban J connectivity index is 1.87. The van der Waals surface area contributed by atoms with Crippen molar-refractivity contribution in [3.8, 4) is 11.6 Å². The van der Waals surface area contributed by atoms with Gasteiger partial charge in [-0.25, -0.2) is 0 Å². The number of nitrogens with one attached hydrogen (secondary N) is 1. The van der Waals surface area contributed by atoms with E-state index in [1.807, 2.05) is 31.2 Å². The second-order valence-corrected chi connectivity index (χ2v) is 4.66. The van der Waals surface area contributed by atoms with Crippen LogP contribution in [-0.4, -0.2) is 9.97 Å². The maximum Gasteiger partial charge on any atom is 0.254 e. The highest BCUT2D eigenvalue weighted by atomic mass is 16.5. The first-order chi connectivity index (χ1) is 8.70. The van der Waals surface area contributed by atoms with Crippen LogP contribution in [0.3, 0.4) is 0 Å². The average molecular weight is 242 g/mol. The summed E-state index contributed by atoms with van der Waals surface area (Å²) in [4.78, 5) is 18.6. The van der Waals surface area contributed by atoms with Gasteiger partial charge in [0.2, 0.25) is 5.88 Å². The third-order valence-electron chi connectivity index (χ3n) is 2.94. The van der Waals surface area contributed by atoms with Gasteiger partial charge in [-0.2, -0.15) is 4.98 Å². The highest BCUT2D eigenvalue weighted by Gasteiger charge is 2.26. The minimum Gasteiger partial charge on any atom is -0.439 e. The molecular weight excluding hydrogens is 228 g/mol. The van der Waals surface area contributed by atoms with Crippen LogP contribution in [0.15, 0.2) is 35.1 Å². The van der Waals surface area contributed by atoms with Gasteiger partial charge in [-0.1, -0.05) is 17.7 Å². The van der Waals surface area contributed by atoms with Crippen LogP contribution < -0.4 is 10.3 Å². The van der Waals surface area contributed by atoms with Crippen LogP contribution in [-0.2, 0) is 0 Å². The molecule has 2 aromatic rings. The van der Waals surface area contributed by atoms with Gasteiger partial charge < -0.3 is 9.72 Å². The fourth-order valence-corrected chi connectivity index (χ4v) is 1.78. The summed E-state index contributed by atoms with van der Waals surface area (Å²) in [5.41, 5.74) is 1.01. The smallest absolute Gasteiger partial charge is 0.254 e. The zero-order valence-corrected chi connectivity index (χ0v) is 10.1. The molecule has 0 aliphatic heterocycles. The molecule has 1 aromatic heterocycles. The fraction of sp³-hybridized carbons (Fsp3) is 0.286. The zero-order chi connectivity index (χ0) is 12.5. The first-order valence-electron chi connectivity index (χ1n) is 6.06. The molecule has 0 radical (unpaired) electrons. The second kappa shape index (κ2) is 4.29. The van der Waals surface area contributed by atoms with Crippen molar-refractivity contribution in [3.63, 3.8) is 0 Å². The van der Waals surface area contributed by atoms with Gasteiger partial charge in [-0.3, -0.25) is 4.79 Å². The number of hydrogen-bond donors (Lipinski definition) is 1. The van der Waals surface area contributed by atoms with Gasteiger partial charge in [-0.05, 0) is 31.9 Å². The minimum absolute atomic E-state index is 0.158. The van der Waals surface area contributed by atoms with Crippen LogP contribution in [0.25, 0.3) is 0 Å². The number of ether oxygens (including phenoxy) is 1. The van der Waals surface area contributed by atoms with Gasteiger partial charge in [0, 0.05) is 5.92 Å². The quantitative estimate of drug-likeness (QED) is 0.900. The molecule has 1 fully saturated rings. The molecule has 1 aliphatic rings. The highest BCUT2D eigenvalue weighted by Crippen LogP contribution is 2.38. The molecule has 18 heavy (non-hydrogen) atoms. The van der Waals surface area contributed by atoms with Gasteiger partial charge in [0.25, 0.3) is 5.56 Å². The van der Waals surface area contributed by atoms with E-state index in [2.05, 4.69) is 9.97 Å². The predicted molar refractivity (Wildman–Crippen MR) is 68.1 cm³/mol. The molecule has 3 rings (SSSR count). The van der Waals surface area contributed by atoms with E-state index in [-0.39, 0.29) is 5.56 Å². The lowest BCUT2D eigenvalue weighted by Crippen LogP contribution is -2.10. The summed E-state index contributed by atoms with van der Waals surface area (Å²) < 4.78 is 5.60. The Morgan fingerprint density at radius 2 is 2.00 bits per heavy atom. The first kappa shape index (κ1) is 11.0. The summed E-state index contributed by atoms with van der Waals surface area (Å²) in [6.07, 6.45) is 2.19. The summed E-state index contributed by atoms with van der Waals surface area (Å²) in [7, 11) is 0. The van der Waals surface area contributed by atoms with E-state index in [0.29, 0.717) is 17.5 Å². The third-order valence-corrected chi connectivity index (χ3v) is 2.94. The van der Waals surface area contributed by atoms with Gasteiger partial charge in [0.15, 0.2) is 0 Å². The molecule has 0 unspecified atom stereocenters. The summed E-state index contributed by atoms with van der Waals surface area (Å²) in [6, 6.07) is 9.05. The van der Waals surface area contributed by atoms with E-state index in [0.717, 1.165) is 18.7 Å². The highest BCUT2D eigenvalue weighted by molar-refractivity contribution is 5.29. The number of aromatic amines is 1. The molecule has 0 bridgehead atoms. The number of aromatic nitrogens is 2. The Hall–Kier alpha value is -2.10. The van der Waals surface area contributed by atoms with Gasteiger partial charge in [-0.15, -0.1) is 0 Å². The van der Waals surface area contributed by atoms with Crippen molar-refractivity contribution in [2.24, 2.45) is 0 Å². The van der Waals surface area contributed by atoms with Crippen molar-refractivity contribution in [1.82, 2.24) is 9.97 Å². The maximum atomic E-state index is 11.5. The molecule has 1 aliphatic carbocycles. The monoisotopic (exact) mass is 242 g/mol. The lowest BCUT2D eigenvalue weighted by atomic mass is 10.2. The molecule has 1 N–H and O–H groups in total. The van der Waals surface area contributed by atoms with Crippen LogP contribution in [0.5, 0.6) is 11.6 Å². The van der Waals surface area contributed by atoms with E-state index in [1.54, 1.807) is 0 Å². The van der Waals surface area contributed by atoms with Gasteiger partial charge >= 0.3 is 0 Å². The third kappa shape index (κ3) is 2.42. The van der Waals surface area contributed by atoms with E-state index < -0.39 is 0 Å². The van der Waals surface area contributed by atoms with E-state index in [9.17, 15) is 4.79 Å². The van der Waals surface area contributed by atoms with E-state index >= 15 is 0 Å². The van der Waals surface area contributed by atoms with E-state index in [1.165, 1.54) is 11.6 Å². The topological polar surface area (TPSA) is 55.0 Å². The molecule has 0 saturated heterocycles. The molecule has 1 saturated carbocycles. The van der Waals surface area contributed by atoms with Crippen LogP contribution in [0.2, 0.25) is 0 Å². The van der Waals surface area contributed by atoms with Crippen molar-refractivity contribution in [3.05, 3.63) is 52.1 Å². The number of benzene rings is 1. The number of rotatable bonds is 3.